The summed E-state index contributed by atoms with van der Waals surface area (Å²) < 4.78 is 5.43. The Kier molecular flexibility index (Phi) is 5.86. The predicted octanol–water partition coefficient (Wildman–Crippen LogP) is 4.78. The number of amides is 1. The molecule has 1 unspecified atom stereocenters. The molecule has 0 aliphatic heterocycles. The van der Waals surface area contributed by atoms with Gasteiger partial charge in [-0.05, 0) is 43.7 Å². The number of anilines is 2. The molecular weight excluding hydrogens is 346 g/mol. The molecule has 0 aliphatic carbocycles. The second-order valence-electron chi connectivity index (χ2n) is 5.73. The zero-order valence-electron chi connectivity index (χ0n) is 14.7. The Hall–Kier alpha value is -2.86. The molecule has 0 fully saturated rings. The van der Waals surface area contributed by atoms with Gasteiger partial charge in [-0.15, -0.1) is 11.3 Å². The third-order valence-corrected chi connectivity index (χ3v) is 4.56. The lowest BCUT2D eigenvalue weighted by Gasteiger charge is -2.13. The van der Waals surface area contributed by atoms with E-state index >= 15 is 0 Å². The Bertz CT molecular complexity index is 847. The van der Waals surface area contributed by atoms with E-state index in [1.165, 1.54) is 11.3 Å². The van der Waals surface area contributed by atoms with Crippen molar-refractivity contribution >= 4 is 28.1 Å². The Morgan fingerprint density at radius 2 is 1.88 bits per heavy atom. The van der Waals surface area contributed by atoms with Crippen LogP contribution in [0.2, 0.25) is 0 Å². The molecular formula is C20H21N3O2S. The van der Waals surface area contributed by atoms with Crippen LogP contribution >= 0.6 is 11.3 Å². The number of hydrogen-bond donors (Lipinski definition) is 2. The average molecular weight is 367 g/mol. The van der Waals surface area contributed by atoms with Crippen LogP contribution in [-0.2, 0) is 0 Å². The number of benzene rings is 2. The molecule has 1 atom stereocenters. The fourth-order valence-electron chi connectivity index (χ4n) is 2.46. The van der Waals surface area contributed by atoms with E-state index in [2.05, 4.69) is 15.6 Å². The molecule has 1 aromatic heterocycles. The van der Waals surface area contributed by atoms with Gasteiger partial charge in [0.05, 0.1) is 12.6 Å². The van der Waals surface area contributed by atoms with E-state index < -0.39 is 0 Å². The number of hydrogen-bond acceptors (Lipinski definition) is 5. The number of carbonyl (C=O) groups is 1. The van der Waals surface area contributed by atoms with Gasteiger partial charge in [-0.3, -0.25) is 4.79 Å². The minimum atomic E-state index is -0.183. The van der Waals surface area contributed by atoms with Crippen molar-refractivity contribution < 1.29 is 9.53 Å². The highest BCUT2D eigenvalue weighted by Gasteiger charge is 2.14. The van der Waals surface area contributed by atoms with Crippen LogP contribution < -0.4 is 15.4 Å². The van der Waals surface area contributed by atoms with Gasteiger partial charge in [-0.2, -0.15) is 0 Å². The van der Waals surface area contributed by atoms with Crippen LogP contribution in [0.3, 0.4) is 0 Å². The van der Waals surface area contributed by atoms with Crippen molar-refractivity contribution in [2.45, 2.75) is 19.9 Å². The molecule has 0 radical (unpaired) electrons. The van der Waals surface area contributed by atoms with E-state index in [1.54, 1.807) is 5.38 Å². The van der Waals surface area contributed by atoms with Crippen LogP contribution in [0.1, 0.15) is 35.9 Å². The van der Waals surface area contributed by atoms with Crippen LogP contribution in [-0.4, -0.2) is 17.5 Å². The fourth-order valence-corrected chi connectivity index (χ4v) is 3.17. The third kappa shape index (κ3) is 4.61. The first-order valence-electron chi connectivity index (χ1n) is 8.47. The maximum absolute atomic E-state index is 12.4. The molecule has 5 nitrogen and oxygen atoms in total. The number of thiazole rings is 1. The summed E-state index contributed by atoms with van der Waals surface area (Å²) in [6, 6.07) is 17.4. The van der Waals surface area contributed by atoms with E-state index in [1.807, 2.05) is 68.4 Å². The smallest absolute Gasteiger partial charge is 0.271 e. The normalized spacial score (nSPS) is 11.6. The average Bonchev–Trinajstić information content (AvgIpc) is 3.13. The van der Waals surface area contributed by atoms with Crippen LogP contribution in [0, 0.1) is 0 Å². The standard InChI is InChI=1S/C20H21N3O2S/c1-3-25-17-11-9-16(10-12-17)22-20-23-18(13-26-20)19(24)21-14(2)15-7-5-4-6-8-15/h4-14H,3H2,1-2H3,(H,21,24)(H,22,23). The molecule has 134 valence electrons. The molecule has 0 aliphatic rings. The zero-order valence-corrected chi connectivity index (χ0v) is 15.5. The summed E-state index contributed by atoms with van der Waals surface area (Å²) in [5.41, 5.74) is 2.36. The molecule has 0 bridgehead atoms. The molecule has 0 saturated heterocycles. The van der Waals surface area contributed by atoms with Gasteiger partial charge >= 0.3 is 0 Å². The van der Waals surface area contributed by atoms with Crippen molar-refractivity contribution in [3.63, 3.8) is 0 Å². The predicted molar refractivity (Wildman–Crippen MR) is 105 cm³/mol. The quantitative estimate of drug-likeness (QED) is 0.631. The maximum Gasteiger partial charge on any atom is 0.271 e. The second kappa shape index (κ2) is 8.49. The van der Waals surface area contributed by atoms with E-state index in [0.717, 1.165) is 17.0 Å². The second-order valence-corrected chi connectivity index (χ2v) is 6.58. The van der Waals surface area contributed by atoms with Gasteiger partial charge in [0.2, 0.25) is 0 Å². The lowest BCUT2D eigenvalue weighted by atomic mass is 10.1. The molecule has 1 amide bonds. The Balaban J connectivity index is 1.61. The highest BCUT2D eigenvalue weighted by molar-refractivity contribution is 7.14. The number of carbonyl (C=O) groups excluding carboxylic acids is 1. The molecule has 2 N–H and O–H groups in total. The van der Waals surface area contributed by atoms with E-state index in [0.29, 0.717) is 17.4 Å². The summed E-state index contributed by atoms with van der Waals surface area (Å²) in [6.07, 6.45) is 0. The van der Waals surface area contributed by atoms with Gasteiger partial charge in [0.15, 0.2) is 5.13 Å². The van der Waals surface area contributed by atoms with Crippen molar-refractivity contribution in [3.8, 4) is 5.75 Å². The highest BCUT2D eigenvalue weighted by atomic mass is 32.1. The fraction of sp³-hybridized carbons (Fsp3) is 0.200. The SMILES string of the molecule is CCOc1ccc(Nc2nc(C(=O)NC(C)c3ccccc3)cs2)cc1. The molecule has 0 spiro atoms. The van der Waals surface area contributed by atoms with Gasteiger partial charge in [0, 0.05) is 11.1 Å². The number of nitrogens with one attached hydrogen (secondary N) is 2. The number of ether oxygens (including phenoxy) is 1. The van der Waals surface area contributed by atoms with Gasteiger partial charge in [-0.25, -0.2) is 4.98 Å². The molecule has 3 aromatic rings. The minimum Gasteiger partial charge on any atom is -0.494 e. The first kappa shape index (κ1) is 17.9. The Morgan fingerprint density at radius 3 is 2.58 bits per heavy atom. The summed E-state index contributed by atoms with van der Waals surface area (Å²) in [4.78, 5) is 16.8. The molecule has 6 heteroatoms. The number of nitrogens with zero attached hydrogens (tertiary/aromatic N) is 1. The number of rotatable bonds is 7. The first-order valence-corrected chi connectivity index (χ1v) is 9.35. The lowest BCUT2D eigenvalue weighted by molar-refractivity contribution is 0.0935. The molecule has 1 heterocycles. The van der Waals surface area contributed by atoms with Gasteiger partial charge in [0.1, 0.15) is 11.4 Å². The monoisotopic (exact) mass is 367 g/mol. The van der Waals surface area contributed by atoms with Crippen LogP contribution in [0.5, 0.6) is 5.75 Å². The van der Waals surface area contributed by atoms with Gasteiger partial charge < -0.3 is 15.4 Å². The zero-order chi connectivity index (χ0) is 18.4. The third-order valence-electron chi connectivity index (χ3n) is 3.80. The minimum absolute atomic E-state index is 0.0760. The Morgan fingerprint density at radius 1 is 1.15 bits per heavy atom. The van der Waals surface area contributed by atoms with Gasteiger partial charge in [-0.1, -0.05) is 30.3 Å². The highest BCUT2D eigenvalue weighted by Crippen LogP contribution is 2.23. The summed E-state index contributed by atoms with van der Waals surface area (Å²) in [7, 11) is 0. The maximum atomic E-state index is 12.4. The van der Waals surface area contributed by atoms with Gasteiger partial charge in [0.25, 0.3) is 5.91 Å². The summed E-state index contributed by atoms with van der Waals surface area (Å²) in [6.45, 7) is 4.55. The molecule has 26 heavy (non-hydrogen) atoms. The van der Waals surface area contributed by atoms with E-state index in [-0.39, 0.29) is 11.9 Å². The van der Waals surface area contributed by atoms with Crippen LogP contribution in [0.15, 0.2) is 60.0 Å². The van der Waals surface area contributed by atoms with Crippen LogP contribution in [0.25, 0.3) is 0 Å². The van der Waals surface area contributed by atoms with Crippen molar-refractivity contribution in [2.24, 2.45) is 0 Å². The first-order chi connectivity index (χ1) is 12.7. The van der Waals surface area contributed by atoms with Crippen molar-refractivity contribution in [2.75, 3.05) is 11.9 Å². The largest absolute Gasteiger partial charge is 0.494 e. The topological polar surface area (TPSA) is 63.2 Å². The van der Waals surface area contributed by atoms with E-state index in [4.69, 9.17) is 4.74 Å². The van der Waals surface area contributed by atoms with Crippen molar-refractivity contribution in [3.05, 3.63) is 71.2 Å². The lowest BCUT2D eigenvalue weighted by Crippen LogP contribution is -2.26. The Labute approximate surface area is 157 Å². The van der Waals surface area contributed by atoms with Crippen LogP contribution in [0.4, 0.5) is 10.8 Å². The van der Waals surface area contributed by atoms with E-state index in [9.17, 15) is 4.79 Å². The number of aromatic nitrogens is 1. The molecule has 3 rings (SSSR count). The summed E-state index contributed by atoms with van der Waals surface area (Å²) in [5, 5.41) is 8.60. The summed E-state index contributed by atoms with van der Waals surface area (Å²) in [5.74, 6) is 0.643. The summed E-state index contributed by atoms with van der Waals surface area (Å²) >= 11 is 1.40. The molecule has 0 saturated carbocycles. The van der Waals surface area contributed by atoms with Crippen molar-refractivity contribution in [1.82, 2.24) is 10.3 Å². The van der Waals surface area contributed by atoms with Crippen molar-refractivity contribution in [1.29, 1.82) is 0 Å². The molecule has 2 aromatic carbocycles.